The third kappa shape index (κ3) is 2.95. The van der Waals surface area contributed by atoms with Crippen molar-refractivity contribution in [2.24, 2.45) is 0 Å². The third-order valence-corrected chi connectivity index (χ3v) is 4.56. The van der Waals surface area contributed by atoms with Crippen LogP contribution in [0.3, 0.4) is 0 Å². The maximum Gasteiger partial charge on any atom is 0.262 e. The van der Waals surface area contributed by atoms with Crippen LogP contribution in [0.1, 0.15) is 5.56 Å². The highest BCUT2D eigenvalue weighted by Gasteiger charge is 2.20. The molecule has 2 aromatic rings. The second-order valence-corrected chi connectivity index (χ2v) is 6.33. The quantitative estimate of drug-likeness (QED) is 0.664. The molecule has 0 spiro atoms. The van der Waals surface area contributed by atoms with Gasteiger partial charge in [-0.2, -0.15) is 0 Å². The maximum atomic E-state index is 12.3. The highest BCUT2D eigenvalue weighted by Crippen LogP contribution is 2.29. The number of aryl methyl sites for hydroxylation is 1. The molecule has 0 unspecified atom stereocenters. The van der Waals surface area contributed by atoms with Crippen LogP contribution < -0.4 is 10.5 Å². The Bertz CT molecular complexity index is 745. The fraction of sp³-hybridized carbons (Fsp3) is 0.0909. The Morgan fingerprint density at radius 1 is 1.20 bits per heavy atom. The second-order valence-electron chi connectivity index (χ2n) is 3.96. The number of aromatic nitrogens is 2. The van der Waals surface area contributed by atoms with Crippen LogP contribution in [0.15, 0.2) is 29.4 Å². The van der Waals surface area contributed by atoms with E-state index in [9.17, 15) is 8.42 Å². The molecule has 0 atom stereocenters. The van der Waals surface area contributed by atoms with Crippen molar-refractivity contribution in [2.75, 3.05) is 10.5 Å². The van der Waals surface area contributed by atoms with Gasteiger partial charge in [0.15, 0.2) is 10.3 Å². The highest BCUT2D eigenvalue weighted by molar-refractivity contribution is 7.92. The lowest BCUT2D eigenvalue weighted by Crippen LogP contribution is -2.15. The van der Waals surface area contributed by atoms with Gasteiger partial charge < -0.3 is 5.73 Å². The van der Waals surface area contributed by atoms with Gasteiger partial charge in [0.05, 0.1) is 4.90 Å². The van der Waals surface area contributed by atoms with Crippen LogP contribution in [0.25, 0.3) is 0 Å². The van der Waals surface area contributed by atoms with Crippen LogP contribution in [0.5, 0.6) is 0 Å². The molecule has 0 radical (unpaired) electrons. The zero-order chi connectivity index (χ0) is 14.9. The number of sulfonamides is 1. The summed E-state index contributed by atoms with van der Waals surface area (Å²) in [5.74, 6) is 0. The molecule has 0 aliphatic heterocycles. The van der Waals surface area contributed by atoms with Crippen molar-refractivity contribution in [1.29, 1.82) is 0 Å². The standard InChI is InChI=1S/C11H10Cl2N4O2S/c1-6-4-7(14)2-3-8(6)20(18,19)17-9-10(12)15-5-16-11(9)13/h2-5,17H,14H2,1H3. The number of halogens is 2. The monoisotopic (exact) mass is 332 g/mol. The Labute approximate surface area is 126 Å². The van der Waals surface area contributed by atoms with Crippen molar-refractivity contribution in [1.82, 2.24) is 9.97 Å². The van der Waals surface area contributed by atoms with E-state index in [-0.39, 0.29) is 20.9 Å². The third-order valence-electron chi connectivity index (χ3n) is 2.48. The highest BCUT2D eigenvalue weighted by atomic mass is 35.5. The molecule has 1 aromatic heterocycles. The van der Waals surface area contributed by atoms with Crippen molar-refractivity contribution in [3.8, 4) is 0 Å². The van der Waals surface area contributed by atoms with Gasteiger partial charge in [-0.15, -0.1) is 0 Å². The van der Waals surface area contributed by atoms with Crippen molar-refractivity contribution in [3.05, 3.63) is 40.4 Å². The molecule has 1 aromatic carbocycles. The van der Waals surface area contributed by atoms with E-state index < -0.39 is 10.0 Å². The smallest absolute Gasteiger partial charge is 0.262 e. The van der Waals surface area contributed by atoms with E-state index in [1.807, 2.05) is 0 Å². The first-order valence-electron chi connectivity index (χ1n) is 5.36. The summed E-state index contributed by atoms with van der Waals surface area (Å²) in [7, 11) is -3.86. The normalized spacial score (nSPS) is 11.3. The van der Waals surface area contributed by atoms with Crippen LogP contribution in [-0.4, -0.2) is 18.4 Å². The molecule has 106 valence electrons. The predicted octanol–water partition coefficient (Wildman–Crippen LogP) is 2.47. The summed E-state index contributed by atoms with van der Waals surface area (Å²) in [4.78, 5) is 7.43. The Balaban J connectivity index is 2.46. The number of nitrogen functional groups attached to an aromatic ring is 1. The molecule has 0 amide bonds. The predicted molar refractivity (Wildman–Crippen MR) is 78.5 cm³/mol. The average Bonchev–Trinajstić information content (AvgIpc) is 2.33. The zero-order valence-corrected chi connectivity index (χ0v) is 12.6. The molecule has 0 saturated carbocycles. The van der Waals surface area contributed by atoms with E-state index in [0.29, 0.717) is 11.3 Å². The molecular weight excluding hydrogens is 323 g/mol. The first-order chi connectivity index (χ1) is 9.31. The van der Waals surface area contributed by atoms with Gasteiger partial charge in [0.1, 0.15) is 12.0 Å². The average molecular weight is 333 g/mol. The van der Waals surface area contributed by atoms with Crippen molar-refractivity contribution in [2.45, 2.75) is 11.8 Å². The van der Waals surface area contributed by atoms with Crippen LogP contribution in [-0.2, 0) is 10.0 Å². The molecular formula is C11H10Cl2N4O2S. The SMILES string of the molecule is Cc1cc(N)ccc1S(=O)(=O)Nc1c(Cl)ncnc1Cl. The summed E-state index contributed by atoms with van der Waals surface area (Å²) >= 11 is 11.6. The molecule has 2 rings (SSSR count). The van der Waals surface area contributed by atoms with Crippen LogP contribution in [0.4, 0.5) is 11.4 Å². The molecule has 0 saturated heterocycles. The number of nitrogens with zero attached hydrogens (tertiary/aromatic N) is 2. The molecule has 20 heavy (non-hydrogen) atoms. The van der Waals surface area contributed by atoms with Gasteiger partial charge in [0, 0.05) is 5.69 Å². The number of nitrogens with two attached hydrogens (primary N) is 1. The van der Waals surface area contributed by atoms with Gasteiger partial charge in [-0.1, -0.05) is 23.2 Å². The van der Waals surface area contributed by atoms with Gasteiger partial charge in [-0.25, -0.2) is 18.4 Å². The first-order valence-corrected chi connectivity index (χ1v) is 7.60. The van der Waals surface area contributed by atoms with Crippen molar-refractivity contribution < 1.29 is 8.42 Å². The van der Waals surface area contributed by atoms with Crippen LogP contribution >= 0.6 is 23.2 Å². The minimum absolute atomic E-state index is 0.0629. The maximum absolute atomic E-state index is 12.3. The summed E-state index contributed by atoms with van der Waals surface area (Å²) in [5.41, 5.74) is 6.51. The van der Waals surface area contributed by atoms with Crippen LogP contribution in [0.2, 0.25) is 10.3 Å². The number of benzene rings is 1. The number of hydrogen-bond acceptors (Lipinski definition) is 5. The lowest BCUT2D eigenvalue weighted by atomic mass is 10.2. The largest absolute Gasteiger partial charge is 0.399 e. The number of rotatable bonds is 3. The van der Waals surface area contributed by atoms with Crippen molar-refractivity contribution in [3.63, 3.8) is 0 Å². The molecule has 1 heterocycles. The molecule has 3 N–H and O–H groups in total. The number of anilines is 2. The molecule has 9 heteroatoms. The fourth-order valence-corrected chi connectivity index (χ4v) is 3.42. The van der Waals surface area contributed by atoms with Gasteiger partial charge in [-0.3, -0.25) is 4.72 Å². The summed E-state index contributed by atoms with van der Waals surface area (Å²) in [6, 6.07) is 4.45. The molecule has 6 nitrogen and oxygen atoms in total. The van der Waals surface area contributed by atoms with E-state index in [2.05, 4.69) is 14.7 Å². The van der Waals surface area contributed by atoms with E-state index >= 15 is 0 Å². The Morgan fingerprint density at radius 2 is 1.80 bits per heavy atom. The van der Waals surface area contributed by atoms with Crippen molar-refractivity contribution >= 4 is 44.6 Å². The van der Waals surface area contributed by atoms with E-state index in [1.54, 1.807) is 13.0 Å². The van der Waals surface area contributed by atoms with E-state index in [0.717, 1.165) is 6.33 Å². The minimum atomic E-state index is -3.86. The molecule has 0 aliphatic rings. The van der Waals surface area contributed by atoms with Gasteiger partial charge in [-0.05, 0) is 30.7 Å². The molecule has 0 bridgehead atoms. The van der Waals surface area contributed by atoms with Gasteiger partial charge in [0.2, 0.25) is 0 Å². The minimum Gasteiger partial charge on any atom is -0.399 e. The number of nitrogens with one attached hydrogen (secondary N) is 1. The Hall–Kier alpha value is -1.57. The summed E-state index contributed by atoms with van der Waals surface area (Å²) in [5, 5.41) is -0.164. The lowest BCUT2D eigenvalue weighted by molar-refractivity contribution is 0.600. The number of hydrogen-bond donors (Lipinski definition) is 2. The fourth-order valence-electron chi connectivity index (χ4n) is 1.59. The topological polar surface area (TPSA) is 98.0 Å². The Kier molecular flexibility index (Phi) is 4.03. The molecule has 0 aliphatic carbocycles. The summed E-state index contributed by atoms with van der Waals surface area (Å²) < 4.78 is 26.9. The zero-order valence-electron chi connectivity index (χ0n) is 10.3. The molecule has 0 fully saturated rings. The summed E-state index contributed by atoms with van der Waals surface area (Å²) in [6.07, 6.45) is 1.14. The van der Waals surface area contributed by atoms with E-state index in [1.165, 1.54) is 12.1 Å². The second kappa shape index (κ2) is 5.43. The van der Waals surface area contributed by atoms with Gasteiger partial charge >= 0.3 is 0 Å². The van der Waals surface area contributed by atoms with Crippen LogP contribution in [0, 0.1) is 6.92 Å². The Morgan fingerprint density at radius 3 is 2.35 bits per heavy atom. The first kappa shape index (κ1) is 14.8. The lowest BCUT2D eigenvalue weighted by Gasteiger charge is -2.12. The summed E-state index contributed by atoms with van der Waals surface area (Å²) in [6.45, 7) is 1.63. The van der Waals surface area contributed by atoms with Gasteiger partial charge in [0.25, 0.3) is 10.0 Å². The van der Waals surface area contributed by atoms with E-state index in [4.69, 9.17) is 28.9 Å².